The topological polar surface area (TPSA) is 49.8 Å². The van der Waals surface area contributed by atoms with Gasteiger partial charge in [0.25, 0.3) is 0 Å². The van der Waals surface area contributed by atoms with Gasteiger partial charge in [-0.1, -0.05) is 59.6 Å². The highest BCUT2D eigenvalue weighted by Gasteiger charge is 2.09. The van der Waals surface area contributed by atoms with Crippen LogP contribution in [0, 0.1) is 0 Å². The molecule has 0 saturated heterocycles. The van der Waals surface area contributed by atoms with Crippen LogP contribution in [-0.4, -0.2) is 9.97 Å². The van der Waals surface area contributed by atoms with Gasteiger partial charge >= 0.3 is 0 Å². The standard InChI is InChI=1S/C21H16Cl2N4/c22-15-7-5-8-16(12-15)25-21-26-19-11-4-2-9-17(19)20(27-21)24-13-14-6-1-3-10-18(14)23/h1-12H,13H2,(H2,24,25,26,27). The Morgan fingerprint density at radius 1 is 0.815 bits per heavy atom. The molecule has 4 rings (SSSR count). The number of hydrogen-bond donors (Lipinski definition) is 2. The van der Waals surface area contributed by atoms with Gasteiger partial charge < -0.3 is 10.6 Å². The molecule has 27 heavy (non-hydrogen) atoms. The molecule has 0 atom stereocenters. The maximum atomic E-state index is 6.26. The maximum absolute atomic E-state index is 6.26. The van der Waals surface area contributed by atoms with E-state index >= 15 is 0 Å². The highest BCUT2D eigenvalue weighted by atomic mass is 35.5. The van der Waals surface area contributed by atoms with Gasteiger partial charge in [-0.25, -0.2) is 4.98 Å². The zero-order valence-corrected chi connectivity index (χ0v) is 15.8. The van der Waals surface area contributed by atoms with Crippen LogP contribution < -0.4 is 10.6 Å². The Labute approximate surface area is 167 Å². The van der Waals surface area contributed by atoms with Crippen molar-refractivity contribution in [2.75, 3.05) is 10.6 Å². The molecule has 0 unspecified atom stereocenters. The van der Waals surface area contributed by atoms with Crippen molar-refractivity contribution in [2.24, 2.45) is 0 Å². The van der Waals surface area contributed by atoms with Gasteiger partial charge in [0.1, 0.15) is 5.82 Å². The van der Waals surface area contributed by atoms with E-state index in [1.54, 1.807) is 0 Å². The molecule has 2 N–H and O–H groups in total. The van der Waals surface area contributed by atoms with E-state index in [1.165, 1.54) is 0 Å². The number of anilines is 3. The lowest BCUT2D eigenvalue weighted by molar-refractivity contribution is 1.10. The van der Waals surface area contributed by atoms with Gasteiger partial charge in [0.2, 0.25) is 5.95 Å². The first-order valence-corrected chi connectivity index (χ1v) is 9.21. The number of nitrogens with zero attached hydrogens (tertiary/aromatic N) is 2. The number of fused-ring (bicyclic) bond motifs is 1. The average molecular weight is 395 g/mol. The lowest BCUT2D eigenvalue weighted by atomic mass is 10.2. The zero-order chi connectivity index (χ0) is 18.6. The second-order valence-corrected chi connectivity index (χ2v) is 6.84. The zero-order valence-electron chi connectivity index (χ0n) is 14.3. The third-order valence-corrected chi connectivity index (χ3v) is 4.69. The molecule has 0 radical (unpaired) electrons. The van der Waals surface area contributed by atoms with Crippen molar-refractivity contribution >= 4 is 51.6 Å². The molecule has 0 aliphatic rings. The Balaban J connectivity index is 1.67. The van der Waals surface area contributed by atoms with E-state index in [9.17, 15) is 0 Å². The second kappa shape index (κ2) is 7.82. The summed E-state index contributed by atoms with van der Waals surface area (Å²) in [7, 11) is 0. The van der Waals surface area contributed by atoms with Gasteiger partial charge in [0.15, 0.2) is 0 Å². The van der Waals surface area contributed by atoms with Crippen LogP contribution in [0.2, 0.25) is 10.0 Å². The molecule has 4 aromatic rings. The van der Waals surface area contributed by atoms with Crippen molar-refractivity contribution in [3.63, 3.8) is 0 Å². The maximum Gasteiger partial charge on any atom is 0.229 e. The van der Waals surface area contributed by atoms with Gasteiger partial charge in [0.05, 0.1) is 5.52 Å². The molecular weight excluding hydrogens is 379 g/mol. The fourth-order valence-corrected chi connectivity index (χ4v) is 3.18. The minimum Gasteiger partial charge on any atom is -0.365 e. The smallest absolute Gasteiger partial charge is 0.229 e. The van der Waals surface area contributed by atoms with Crippen LogP contribution in [0.25, 0.3) is 10.9 Å². The monoisotopic (exact) mass is 394 g/mol. The molecular formula is C21H16Cl2N4. The minimum atomic E-state index is 0.498. The Bertz CT molecular complexity index is 1100. The lowest BCUT2D eigenvalue weighted by Gasteiger charge is -2.12. The van der Waals surface area contributed by atoms with Gasteiger partial charge in [-0.2, -0.15) is 4.98 Å². The average Bonchev–Trinajstić information content (AvgIpc) is 2.67. The summed E-state index contributed by atoms with van der Waals surface area (Å²) in [6, 6.07) is 23.1. The van der Waals surface area contributed by atoms with Gasteiger partial charge in [-0.05, 0) is 42.0 Å². The van der Waals surface area contributed by atoms with Crippen molar-refractivity contribution in [1.29, 1.82) is 0 Å². The Kier molecular flexibility index (Phi) is 5.10. The Morgan fingerprint density at radius 2 is 1.63 bits per heavy atom. The minimum absolute atomic E-state index is 0.498. The van der Waals surface area contributed by atoms with Crippen LogP contribution in [0.5, 0.6) is 0 Å². The van der Waals surface area contributed by atoms with Gasteiger partial charge in [-0.15, -0.1) is 0 Å². The normalized spacial score (nSPS) is 10.7. The summed E-state index contributed by atoms with van der Waals surface area (Å²) in [6.45, 7) is 0.567. The molecule has 0 aliphatic heterocycles. The van der Waals surface area contributed by atoms with Crippen molar-refractivity contribution in [3.05, 3.63) is 88.4 Å². The van der Waals surface area contributed by atoms with Crippen LogP contribution in [0.3, 0.4) is 0 Å². The number of nitrogens with one attached hydrogen (secondary N) is 2. The summed E-state index contributed by atoms with van der Waals surface area (Å²) in [5, 5.41) is 8.91. The number of para-hydroxylation sites is 1. The lowest BCUT2D eigenvalue weighted by Crippen LogP contribution is -2.06. The molecule has 134 valence electrons. The summed E-state index contributed by atoms with van der Waals surface area (Å²) in [6.07, 6.45) is 0. The molecule has 0 aliphatic carbocycles. The van der Waals surface area contributed by atoms with E-state index in [1.807, 2.05) is 72.8 Å². The molecule has 0 saturated carbocycles. The number of benzene rings is 3. The van der Waals surface area contributed by atoms with Crippen molar-refractivity contribution < 1.29 is 0 Å². The summed E-state index contributed by atoms with van der Waals surface area (Å²) in [5.41, 5.74) is 2.68. The SMILES string of the molecule is Clc1cccc(Nc2nc(NCc3ccccc3Cl)c3ccccc3n2)c1. The van der Waals surface area contributed by atoms with Crippen LogP contribution in [-0.2, 0) is 6.54 Å². The van der Waals surface area contributed by atoms with E-state index in [2.05, 4.69) is 20.6 Å². The van der Waals surface area contributed by atoms with E-state index in [-0.39, 0.29) is 0 Å². The fraction of sp³-hybridized carbons (Fsp3) is 0.0476. The van der Waals surface area contributed by atoms with E-state index in [0.717, 1.165) is 33.0 Å². The molecule has 0 amide bonds. The summed E-state index contributed by atoms with van der Waals surface area (Å²) in [4.78, 5) is 9.25. The van der Waals surface area contributed by atoms with Crippen molar-refractivity contribution in [3.8, 4) is 0 Å². The van der Waals surface area contributed by atoms with Gasteiger partial charge in [0, 0.05) is 27.7 Å². The molecule has 3 aromatic carbocycles. The van der Waals surface area contributed by atoms with Gasteiger partial charge in [-0.3, -0.25) is 0 Å². The molecule has 4 nitrogen and oxygen atoms in total. The van der Waals surface area contributed by atoms with Crippen LogP contribution in [0.15, 0.2) is 72.8 Å². The quantitative estimate of drug-likeness (QED) is 0.417. The number of aromatic nitrogens is 2. The number of rotatable bonds is 5. The van der Waals surface area contributed by atoms with Crippen LogP contribution in [0.1, 0.15) is 5.56 Å². The summed E-state index contributed by atoms with van der Waals surface area (Å²) in [5.74, 6) is 1.24. The van der Waals surface area contributed by atoms with Crippen LogP contribution >= 0.6 is 23.2 Å². The summed E-state index contributed by atoms with van der Waals surface area (Å²) >= 11 is 12.3. The molecule has 1 aromatic heterocycles. The fourth-order valence-electron chi connectivity index (χ4n) is 2.78. The molecule has 0 bridgehead atoms. The Morgan fingerprint density at radius 3 is 2.48 bits per heavy atom. The first-order valence-electron chi connectivity index (χ1n) is 8.46. The largest absolute Gasteiger partial charge is 0.365 e. The van der Waals surface area contributed by atoms with E-state index in [4.69, 9.17) is 23.2 Å². The predicted molar refractivity (Wildman–Crippen MR) is 113 cm³/mol. The third kappa shape index (κ3) is 4.13. The predicted octanol–water partition coefficient (Wildman–Crippen LogP) is 6.29. The van der Waals surface area contributed by atoms with Crippen LogP contribution in [0.4, 0.5) is 17.5 Å². The molecule has 1 heterocycles. The molecule has 6 heteroatoms. The third-order valence-electron chi connectivity index (χ3n) is 4.09. The van der Waals surface area contributed by atoms with Crippen molar-refractivity contribution in [2.45, 2.75) is 6.54 Å². The first kappa shape index (κ1) is 17.6. The number of hydrogen-bond acceptors (Lipinski definition) is 4. The molecule has 0 spiro atoms. The highest BCUT2D eigenvalue weighted by molar-refractivity contribution is 6.31. The Hall–Kier alpha value is -2.82. The molecule has 0 fully saturated rings. The summed E-state index contributed by atoms with van der Waals surface area (Å²) < 4.78 is 0. The second-order valence-electron chi connectivity index (χ2n) is 5.99. The number of halogens is 2. The van der Waals surface area contributed by atoms with E-state index in [0.29, 0.717) is 17.5 Å². The van der Waals surface area contributed by atoms with Crippen molar-refractivity contribution in [1.82, 2.24) is 9.97 Å². The van der Waals surface area contributed by atoms with E-state index < -0.39 is 0 Å². The first-order chi connectivity index (χ1) is 13.2. The highest BCUT2D eigenvalue weighted by Crippen LogP contribution is 2.25.